The number of fused-ring (bicyclic) bond motifs is 11. The van der Waals surface area contributed by atoms with Crippen LogP contribution in [0.1, 0.15) is 25.0 Å². The summed E-state index contributed by atoms with van der Waals surface area (Å²) < 4.78 is 6.53. The zero-order valence-electron chi connectivity index (χ0n) is 31.2. The lowest BCUT2D eigenvalue weighted by atomic mass is 9.79. The summed E-state index contributed by atoms with van der Waals surface area (Å²) in [5, 5.41) is 12.4. The lowest BCUT2D eigenvalue weighted by Gasteiger charge is -2.24. The van der Waals surface area contributed by atoms with Gasteiger partial charge in [-0.25, -0.2) is 0 Å². The van der Waals surface area contributed by atoms with E-state index in [0.29, 0.717) is 0 Å². The highest BCUT2D eigenvalue weighted by Crippen LogP contribution is 2.54. The Hall–Kier alpha value is -6.96. The van der Waals surface area contributed by atoms with E-state index in [-0.39, 0.29) is 5.41 Å². The molecule has 1 nitrogen and oxygen atoms in total. The first-order chi connectivity index (χ1) is 27.5. The van der Waals surface area contributed by atoms with Gasteiger partial charge in [-0.2, -0.15) is 0 Å². The fraction of sp³-hybridized carbons (Fsp3) is 0.0545. The molecule has 262 valence electrons. The van der Waals surface area contributed by atoms with E-state index in [0.717, 1.165) is 21.9 Å². The van der Waals surface area contributed by atoms with Crippen LogP contribution in [0.25, 0.3) is 110 Å². The Balaban J connectivity index is 1.14. The summed E-state index contributed by atoms with van der Waals surface area (Å²) in [6, 6.07) is 67.3. The third kappa shape index (κ3) is 4.37. The van der Waals surface area contributed by atoms with Gasteiger partial charge in [-0.05, 0) is 135 Å². The van der Waals surface area contributed by atoms with Crippen LogP contribution in [-0.4, -0.2) is 0 Å². The third-order valence-electron chi connectivity index (χ3n) is 12.6. The summed E-state index contributed by atoms with van der Waals surface area (Å²) >= 11 is 0. The van der Waals surface area contributed by atoms with E-state index < -0.39 is 0 Å². The largest absolute Gasteiger partial charge is 0.456 e. The number of furan rings is 1. The Morgan fingerprint density at radius 3 is 1.70 bits per heavy atom. The van der Waals surface area contributed by atoms with Gasteiger partial charge in [0.15, 0.2) is 0 Å². The maximum atomic E-state index is 6.53. The summed E-state index contributed by atoms with van der Waals surface area (Å²) in [6.45, 7) is 4.75. The monoisotopic (exact) mass is 712 g/mol. The molecule has 0 unspecified atom stereocenters. The van der Waals surface area contributed by atoms with E-state index in [1.54, 1.807) is 0 Å². The number of hydrogen-bond donors (Lipinski definition) is 0. The molecule has 1 aromatic heterocycles. The molecule has 0 bridgehead atoms. The van der Waals surface area contributed by atoms with Crippen molar-refractivity contribution in [1.82, 2.24) is 0 Å². The topological polar surface area (TPSA) is 13.1 Å². The predicted octanol–water partition coefficient (Wildman–Crippen LogP) is 15.5. The lowest BCUT2D eigenvalue weighted by molar-refractivity contribution is 0.663. The Labute approximate surface area is 325 Å². The van der Waals surface area contributed by atoms with Gasteiger partial charge in [0.2, 0.25) is 0 Å². The molecule has 1 heteroatoms. The average Bonchev–Trinajstić information content (AvgIpc) is 3.72. The van der Waals surface area contributed by atoms with Crippen LogP contribution in [0.15, 0.2) is 186 Å². The SMILES string of the molecule is CC1(C)c2ccccc2-c2cc(-c3cccc(-c4c5ccccc5c(-c5ccc6ccccc6c5)c5ccccc45)c3)c3cc4c(cc3c21)oc1ccccc14. The number of benzene rings is 10. The molecular weight excluding hydrogens is 677 g/mol. The first-order valence-electron chi connectivity index (χ1n) is 19.6. The molecule has 0 atom stereocenters. The van der Waals surface area contributed by atoms with Crippen molar-refractivity contribution in [3.8, 4) is 44.5 Å². The van der Waals surface area contributed by atoms with Crippen LogP contribution in [0.2, 0.25) is 0 Å². The summed E-state index contributed by atoms with van der Waals surface area (Å²) in [5.74, 6) is 0. The van der Waals surface area contributed by atoms with Crippen LogP contribution in [-0.2, 0) is 5.41 Å². The van der Waals surface area contributed by atoms with Crippen LogP contribution < -0.4 is 0 Å². The van der Waals surface area contributed by atoms with E-state index >= 15 is 0 Å². The van der Waals surface area contributed by atoms with Gasteiger partial charge < -0.3 is 4.42 Å². The van der Waals surface area contributed by atoms with Gasteiger partial charge in [-0.15, -0.1) is 0 Å². The maximum absolute atomic E-state index is 6.53. The van der Waals surface area contributed by atoms with Crippen LogP contribution in [0.5, 0.6) is 0 Å². The highest BCUT2D eigenvalue weighted by Gasteiger charge is 2.37. The van der Waals surface area contributed by atoms with Crippen LogP contribution in [0.3, 0.4) is 0 Å². The van der Waals surface area contributed by atoms with E-state index in [9.17, 15) is 0 Å². The van der Waals surface area contributed by atoms with Gasteiger partial charge in [0.1, 0.15) is 11.2 Å². The molecule has 0 aliphatic heterocycles. The predicted molar refractivity (Wildman–Crippen MR) is 238 cm³/mol. The summed E-state index contributed by atoms with van der Waals surface area (Å²) in [7, 11) is 0. The molecule has 0 saturated carbocycles. The normalized spacial score (nSPS) is 13.3. The van der Waals surface area contributed by atoms with E-state index in [2.05, 4.69) is 196 Å². The van der Waals surface area contributed by atoms with Crippen molar-refractivity contribution in [2.45, 2.75) is 19.3 Å². The van der Waals surface area contributed by atoms with Crippen molar-refractivity contribution < 1.29 is 4.42 Å². The minimum atomic E-state index is -0.158. The Kier molecular flexibility index (Phi) is 6.46. The van der Waals surface area contributed by atoms with Crippen molar-refractivity contribution in [3.05, 3.63) is 193 Å². The van der Waals surface area contributed by atoms with Gasteiger partial charge in [-0.3, -0.25) is 0 Å². The molecule has 0 amide bonds. The second-order valence-electron chi connectivity index (χ2n) is 16.0. The van der Waals surface area contributed by atoms with Crippen LogP contribution in [0.4, 0.5) is 0 Å². The number of para-hydroxylation sites is 1. The Morgan fingerprint density at radius 2 is 0.946 bits per heavy atom. The van der Waals surface area contributed by atoms with E-state index in [1.165, 1.54) is 98.7 Å². The highest BCUT2D eigenvalue weighted by atomic mass is 16.3. The van der Waals surface area contributed by atoms with Crippen LogP contribution in [0, 0.1) is 0 Å². The first kappa shape index (κ1) is 31.4. The smallest absolute Gasteiger partial charge is 0.136 e. The molecule has 10 aromatic carbocycles. The molecule has 0 fully saturated rings. The standard InChI is InChI=1S/C55H36O/c1-55(2)49-24-11-9-18-38(49)47-30-44(45-31-46-39-19-10-12-25-50(39)56-51(46)32-48(45)54(47)55)35-16-13-17-36(29-35)52-40-20-5-7-22-42(40)53(43-23-8-6-21-41(43)52)37-27-26-33-14-3-4-15-34(33)28-37/h3-32H,1-2H3. The van der Waals surface area contributed by atoms with E-state index in [4.69, 9.17) is 4.42 Å². The molecule has 12 rings (SSSR count). The molecule has 11 aromatic rings. The number of hydrogen-bond acceptors (Lipinski definition) is 1. The molecule has 1 heterocycles. The molecule has 1 aliphatic carbocycles. The molecule has 0 N–H and O–H groups in total. The average molecular weight is 713 g/mol. The van der Waals surface area contributed by atoms with Crippen molar-refractivity contribution in [2.75, 3.05) is 0 Å². The summed E-state index contributed by atoms with van der Waals surface area (Å²) in [6.07, 6.45) is 0. The molecule has 56 heavy (non-hydrogen) atoms. The molecule has 0 spiro atoms. The van der Waals surface area contributed by atoms with Crippen molar-refractivity contribution in [2.24, 2.45) is 0 Å². The second kappa shape index (κ2) is 11.5. The summed E-state index contributed by atoms with van der Waals surface area (Å²) in [5.41, 5.74) is 14.5. The maximum Gasteiger partial charge on any atom is 0.136 e. The Bertz CT molecular complexity index is 3390. The van der Waals surface area contributed by atoms with Gasteiger partial charge in [0.25, 0.3) is 0 Å². The minimum Gasteiger partial charge on any atom is -0.456 e. The minimum absolute atomic E-state index is 0.158. The molecular formula is C55H36O. The quantitative estimate of drug-likeness (QED) is 0.166. The van der Waals surface area contributed by atoms with Gasteiger partial charge in [-0.1, -0.05) is 159 Å². The zero-order chi connectivity index (χ0) is 37.1. The van der Waals surface area contributed by atoms with Gasteiger partial charge in [0.05, 0.1) is 0 Å². The third-order valence-corrected chi connectivity index (χ3v) is 12.6. The molecule has 0 radical (unpaired) electrons. The second-order valence-corrected chi connectivity index (χ2v) is 16.0. The van der Waals surface area contributed by atoms with Crippen molar-refractivity contribution in [3.63, 3.8) is 0 Å². The number of rotatable bonds is 3. The fourth-order valence-electron chi connectivity index (χ4n) is 10.1. The fourth-order valence-corrected chi connectivity index (χ4v) is 10.1. The lowest BCUT2D eigenvalue weighted by Crippen LogP contribution is -2.15. The van der Waals surface area contributed by atoms with Crippen molar-refractivity contribution in [1.29, 1.82) is 0 Å². The molecule has 1 aliphatic rings. The van der Waals surface area contributed by atoms with Gasteiger partial charge >= 0.3 is 0 Å². The van der Waals surface area contributed by atoms with Crippen molar-refractivity contribution >= 4 is 65.0 Å². The molecule has 0 saturated heterocycles. The van der Waals surface area contributed by atoms with Gasteiger partial charge in [0, 0.05) is 16.2 Å². The summed E-state index contributed by atoms with van der Waals surface area (Å²) in [4.78, 5) is 0. The Morgan fingerprint density at radius 1 is 0.339 bits per heavy atom. The first-order valence-corrected chi connectivity index (χ1v) is 19.6. The van der Waals surface area contributed by atoms with Crippen LogP contribution >= 0.6 is 0 Å². The highest BCUT2D eigenvalue weighted by molar-refractivity contribution is 6.22. The van der Waals surface area contributed by atoms with E-state index in [1.807, 2.05) is 0 Å². The zero-order valence-corrected chi connectivity index (χ0v) is 31.2.